The van der Waals surface area contributed by atoms with E-state index in [1.54, 1.807) is 30.3 Å². The Kier molecular flexibility index (Phi) is 8.48. The zero-order chi connectivity index (χ0) is 25.6. The van der Waals surface area contributed by atoms with Crippen LogP contribution < -0.4 is 14.4 Å². The Morgan fingerprint density at radius 2 is 1.66 bits per heavy atom. The van der Waals surface area contributed by atoms with Gasteiger partial charge in [0.25, 0.3) is 5.91 Å². The van der Waals surface area contributed by atoms with Crippen LogP contribution in [-0.4, -0.2) is 38.8 Å². The SMILES string of the molecule is CC(C)Oc1cccc(CNC(=O)c2ccc(CN(c3ccccc3F)S(=O)(=O)N(C)C)cc2)c1. The van der Waals surface area contributed by atoms with E-state index < -0.39 is 16.0 Å². The van der Waals surface area contributed by atoms with Gasteiger partial charge >= 0.3 is 10.2 Å². The fraction of sp³-hybridized carbons (Fsp3) is 0.269. The normalized spacial score (nSPS) is 11.5. The van der Waals surface area contributed by atoms with Crippen LogP contribution in [0, 0.1) is 5.82 Å². The number of carbonyl (C=O) groups excluding carboxylic acids is 1. The molecule has 0 heterocycles. The van der Waals surface area contributed by atoms with E-state index in [1.165, 1.54) is 32.3 Å². The molecule has 0 spiro atoms. The second kappa shape index (κ2) is 11.3. The van der Waals surface area contributed by atoms with Gasteiger partial charge in [-0.3, -0.25) is 9.10 Å². The van der Waals surface area contributed by atoms with Crippen LogP contribution in [0.4, 0.5) is 10.1 Å². The number of para-hydroxylation sites is 1. The number of rotatable bonds is 10. The molecule has 0 aliphatic heterocycles. The summed E-state index contributed by atoms with van der Waals surface area (Å²) in [6, 6.07) is 19.8. The number of anilines is 1. The first kappa shape index (κ1) is 26.2. The maximum absolute atomic E-state index is 14.4. The average Bonchev–Trinajstić information content (AvgIpc) is 2.81. The topological polar surface area (TPSA) is 79.0 Å². The number of benzene rings is 3. The number of hydrogen-bond acceptors (Lipinski definition) is 4. The number of nitrogens with one attached hydrogen (secondary N) is 1. The maximum Gasteiger partial charge on any atom is 0.303 e. The Morgan fingerprint density at radius 3 is 2.29 bits per heavy atom. The van der Waals surface area contributed by atoms with E-state index in [4.69, 9.17) is 4.74 Å². The van der Waals surface area contributed by atoms with E-state index in [1.807, 2.05) is 38.1 Å². The van der Waals surface area contributed by atoms with Crippen molar-refractivity contribution in [1.82, 2.24) is 9.62 Å². The fourth-order valence-corrected chi connectivity index (χ4v) is 4.46. The first-order chi connectivity index (χ1) is 16.6. The van der Waals surface area contributed by atoms with Crippen LogP contribution in [-0.2, 0) is 23.3 Å². The molecule has 9 heteroatoms. The van der Waals surface area contributed by atoms with Crippen LogP contribution in [0.15, 0.2) is 72.8 Å². The lowest BCUT2D eigenvalue weighted by molar-refractivity contribution is 0.0950. The molecule has 7 nitrogen and oxygen atoms in total. The van der Waals surface area contributed by atoms with Crippen LogP contribution in [0.2, 0.25) is 0 Å². The minimum Gasteiger partial charge on any atom is -0.491 e. The predicted molar refractivity (Wildman–Crippen MR) is 135 cm³/mol. The molecule has 0 fully saturated rings. The minimum absolute atomic E-state index is 0.0494. The maximum atomic E-state index is 14.4. The molecule has 3 rings (SSSR count). The summed E-state index contributed by atoms with van der Waals surface area (Å²) in [6.07, 6.45) is 0.0559. The number of ether oxygens (including phenoxy) is 1. The van der Waals surface area contributed by atoms with Gasteiger partial charge in [0.2, 0.25) is 0 Å². The number of carbonyl (C=O) groups is 1. The monoisotopic (exact) mass is 499 g/mol. The summed E-state index contributed by atoms with van der Waals surface area (Å²) < 4.78 is 47.9. The molecule has 1 amide bonds. The van der Waals surface area contributed by atoms with Crippen molar-refractivity contribution in [2.75, 3.05) is 18.4 Å². The van der Waals surface area contributed by atoms with Crippen LogP contribution in [0.1, 0.15) is 35.3 Å². The van der Waals surface area contributed by atoms with Gasteiger partial charge in [-0.25, -0.2) is 4.39 Å². The van der Waals surface area contributed by atoms with Gasteiger partial charge in [-0.2, -0.15) is 12.7 Å². The van der Waals surface area contributed by atoms with E-state index in [9.17, 15) is 17.6 Å². The Hall–Kier alpha value is -3.43. The fourth-order valence-electron chi connectivity index (χ4n) is 3.35. The molecule has 0 aromatic heterocycles. The highest BCUT2D eigenvalue weighted by Gasteiger charge is 2.27. The zero-order valence-electron chi connectivity index (χ0n) is 20.2. The molecule has 186 valence electrons. The summed E-state index contributed by atoms with van der Waals surface area (Å²) in [5.41, 5.74) is 1.89. The Labute approximate surface area is 206 Å². The lowest BCUT2D eigenvalue weighted by atomic mass is 10.1. The van der Waals surface area contributed by atoms with Gasteiger partial charge in [-0.15, -0.1) is 0 Å². The van der Waals surface area contributed by atoms with Crippen LogP contribution in [0.25, 0.3) is 0 Å². The molecule has 0 saturated carbocycles. The summed E-state index contributed by atoms with van der Waals surface area (Å²) in [5.74, 6) is -0.168. The van der Waals surface area contributed by atoms with E-state index in [0.717, 1.165) is 19.9 Å². The Balaban J connectivity index is 1.71. The number of amides is 1. The van der Waals surface area contributed by atoms with Crippen molar-refractivity contribution in [2.24, 2.45) is 0 Å². The molecule has 0 aliphatic carbocycles. The average molecular weight is 500 g/mol. The lowest BCUT2D eigenvalue weighted by Gasteiger charge is -2.27. The highest BCUT2D eigenvalue weighted by Crippen LogP contribution is 2.25. The van der Waals surface area contributed by atoms with Crippen molar-refractivity contribution in [1.29, 1.82) is 0 Å². The summed E-state index contributed by atoms with van der Waals surface area (Å²) in [4.78, 5) is 12.6. The van der Waals surface area contributed by atoms with Gasteiger partial charge in [0.1, 0.15) is 11.6 Å². The highest BCUT2D eigenvalue weighted by molar-refractivity contribution is 7.90. The molecule has 0 aliphatic rings. The van der Waals surface area contributed by atoms with Gasteiger partial charge in [-0.05, 0) is 61.4 Å². The number of nitrogens with zero attached hydrogens (tertiary/aromatic N) is 2. The minimum atomic E-state index is -3.95. The van der Waals surface area contributed by atoms with Crippen molar-refractivity contribution in [3.05, 3.63) is 95.3 Å². The molecule has 0 radical (unpaired) electrons. The third-order valence-corrected chi connectivity index (χ3v) is 6.93. The van der Waals surface area contributed by atoms with Gasteiger partial charge in [0, 0.05) is 26.2 Å². The third kappa shape index (κ3) is 6.80. The zero-order valence-corrected chi connectivity index (χ0v) is 21.0. The van der Waals surface area contributed by atoms with Crippen molar-refractivity contribution in [2.45, 2.75) is 33.0 Å². The largest absolute Gasteiger partial charge is 0.491 e. The molecule has 1 N–H and O–H groups in total. The number of halogens is 1. The van der Waals surface area contributed by atoms with Crippen molar-refractivity contribution in [3.8, 4) is 5.75 Å². The third-order valence-electron chi connectivity index (χ3n) is 5.13. The van der Waals surface area contributed by atoms with Gasteiger partial charge in [-0.1, -0.05) is 36.4 Å². The standard InChI is InChI=1S/C26H30FN3O4S/c1-19(2)34-23-9-7-8-21(16-23)17-28-26(31)22-14-12-20(13-15-22)18-30(35(32,33)29(3)4)25-11-6-5-10-24(25)27/h5-16,19H,17-18H2,1-4H3,(H,28,31). The van der Waals surface area contributed by atoms with Gasteiger partial charge in [0.05, 0.1) is 18.3 Å². The van der Waals surface area contributed by atoms with E-state index in [2.05, 4.69) is 5.32 Å². The van der Waals surface area contributed by atoms with E-state index in [-0.39, 0.29) is 24.2 Å². The summed E-state index contributed by atoms with van der Waals surface area (Å²) in [7, 11) is -1.17. The molecule has 0 atom stereocenters. The quantitative estimate of drug-likeness (QED) is 0.450. The van der Waals surface area contributed by atoms with Crippen LogP contribution in [0.5, 0.6) is 5.75 Å². The van der Waals surface area contributed by atoms with E-state index >= 15 is 0 Å². The first-order valence-electron chi connectivity index (χ1n) is 11.2. The second-order valence-corrected chi connectivity index (χ2v) is 10.5. The molecule has 0 unspecified atom stereocenters. The molecular weight excluding hydrogens is 469 g/mol. The van der Waals surface area contributed by atoms with Gasteiger partial charge < -0.3 is 10.1 Å². The Bertz CT molecular complexity index is 1260. The van der Waals surface area contributed by atoms with Gasteiger partial charge in [0.15, 0.2) is 0 Å². The van der Waals surface area contributed by atoms with E-state index in [0.29, 0.717) is 17.7 Å². The van der Waals surface area contributed by atoms with Crippen LogP contribution in [0.3, 0.4) is 0 Å². The molecular formula is C26H30FN3O4S. The van der Waals surface area contributed by atoms with Crippen molar-refractivity contribution < 1.29 is 22.3 Å². The predicted octanol–water partition coefficient (Wildman–Crippen LogP) is 4.36. The molecule has 0 bridgehead atoms. The second-order valence-electron chi connectivity index (χ2n) is 8.44. The summed E-state index contributed by atoms with van der Waals surface area (Å²) in [5, 5.41) is 2.87. The Morgan fingerprint density at radius 1 is 0.971 bits per heavy atom. The smallest absolute Gasteiger partial charge is 0.303 e. The number of hydrogen-bond donors (Lipinski definition) is 1. The summed E-state index contributed by atoms with van der Waals surface area (Å²) in [6.45, 7) is 4.14. The van der Waals surface area contributed by atoms with Crippen molar-refractivity contribution in [3.63, 3.8) is 0 Å². The molecule has 3 aromatic carbocycles. The summed E-state index contributed by atoms with van der Waals surface area (Å²) >= 11 is 0. The van der Waals surface area contributed by atoms with Crippen molar-refractivity contribution >= 4 is 21.8 Å². The molecule has 35 heavy (non-hydrogen) atoms. The molecule has 3 aromatic rings. The van der Waals surface area contributed by atoms with Crippen LogP contribution >= 0.6 is 0 Å². The lowest BCUT2D eigenvalue weighted by Crippen LogP contribution is -2.40. The molecule has 0 saturated heterocycles. The highest BCUT2D eigenvalue weighted by atomic mass is 32.2. The first-order valence-corrected chi connectivity index (χ1v) is 12.5.